The molecule has 0 radical (unpaired) electrons. The van der Waals surface area contributed by atoms with Crippen molar-refractivity contribution in [1.29, 1.82) is 0 Å². The maximum Gasteiger partial charge on any atom is 0.340 e. The zero-order valence-electron chi connectivity index (χ0n) is 19.7. The van der Waals surface area contributed by atoms with Gasteiger partial charge in [0.05, 0.1) is 42.0 Å². The number of aromatic amines is 1. The molecule has 0 unspecified atom stereocenters. The summed E-state index contributed by atoms with van der Waals surface area (Å²) < 4.78 is 15.0. The van der Waals surface area contributed by atoms with Crippen LogP contribution < -0.4 is 4.74 Å². The predicted molar refractivity (Wildman–Crippen MR) is 130 cm³/mol. The molecule has 0 bridgehead atoms. The van der Waals surface area contributed by atoms with Gasteiger partial charge >= 0.3 is 5.97 Å². The van der Waals surface area contributed by atoms with Crippen LogP contribution in [-0.4, -0.2) is 53.9 Å². The Morgan fingerprint density at radius 1 is 1.09 bits per heavy atom. The van der Waals surface area contributed by atoms with Gasteiger partial charge in [-0.2, -0.15) is 10.2 Å². The summed E-state index contributed by atoms with van der Waals surface area (Å²) in [5.74, 6) is 0.148. The fourth-order valence-corrected chi connectivity index (χ4v) is 4.12. The number of carbonyl (C=O) groups is 1. The molecule has 10 nitrogen and oxygen atoms in total. The van der Waals surface area contributed by atoms with E-state index in [-0.39, 0.29) is 5.97 Å². The first-order chi connectivity index (χ1) is 17.1. The van der Waals surface area contributed by atoms with Gasteiger partial charge < -0.3 is 14.0 Å². The Morgan fingerprint density at radius 2 is 1.91 bits per heavy atom. The minimum Gasteiger partial charge on any atom is -0.465 e. The normalized spacial score (nSPS) is 11.2. The minimum atomic E-state index is -0.380. The first-order valence-corrected chi connectivity index (χ1v) is 11.4. The highest BCUT2D eigenvalue weighted by Crippen LogP contribution is 2.28. The molecule has 178 valence electrons. The minimum absolute atomic E-state index is 0.299. The molecular formula is C25H25N7O3. The van der Waals surface area contributed by atoms with Gasteiger partial charge in [-0.15, -0.1) is 10.2 Å². The van der Waals surface area contributed by atoms with Crippen LogP contribution in [0.3, 0.4) is 0 Å². The van der Waals surface area contributed by atoms with Gasteiger partial charge in [0.25, 0.3) is 6.01 Å². The summed E-state index contributed by atoms with van der Waals surface area (Å²) in [6, 6.07) is 16.0. The van der Waals surface area contributed by atoms with E-state index in [0.29, 0.717) is 48.2 Å². The Kier molecular flexibility index (Phi) is 6.01. The molecule has 35 heavy (non-hydrogen) atoms. The largest absolute Gasteiger partial charge is 0.465 e. The van der Waals surface area contributed by atoms with E-state index in [1.54, 1.807) is 19.1 Å². The number of benzene rings is 2. The third kappa shape index (κ3) is 4.25. The SMILES string of the molecule is CCOC(=O)c1cccc2nc(OCC)n(Cc3ccc(-n4cc(C)cc4-c4nn[nH]n4)cc3)c12. The number of esters is 1. The summed E-state index contributed by atoms with van der Waals surface area (Å²) in [6.45, 7) is 6.96. The van der Waals surface area contributed by atoms with E-state index < -0.39 is 0 Å². The van der Waals surface area contributed by atoms with Crippen molar-refractivity contribution in [2.45, 2.75) is 27.3 Å². The third-order valence-electron chi connectivity index (χ3n) is 5.59. The number of hydrogen-bond donors (Lipinski definition) is 1. The molecular weight excluding hydrogens is 446 g/mol. The van der Waals surface area contributed by atoms with Crippen LogP contribution in [0.2, 0.25) is 0 Å². The van der Waals surface area contributed by atoms with Gasteiger partial charge in [0.15, 0.2) is 0 Å². The van der Waals surface area contributed by atoms with Gasteiger partial charge in [-0.1, -0.05) is 18.2 Å². The summed E-state index contributed by atoms with van der Waals surface area (Å²) >= 11 is 0. The Morgan fingerprint density at radius 3 is 2.63 bits per heavy atom. The van der Waals surface area contributed by atoms with Crippen molar-refractivity contribution in [2.75, 3.05) is 13.2 Å². The van der Waals surface area contributed by atoms with E-state index in [1.807, 2.05) is 65.6 Å². The lowest BCUT2D eigenvalue weighted by molar-refractivity contribution is 0.0528. The van der Waals surface area contributed by atoms with Crippen molar-refractivity contribution in [3.05, 3.63) is 71.4 Å². The monoisotopic (exact) mass is 471 g/mol. The Hall–Kier alpha value is -4.47. The second kappa shape index (κ2) is 9.41. The number of nitrogens with one attached hydrogen (secondary N) is 1. The quantitative estimate of drug-likeness (QED) is 0.341. The first kappa shape index (κ1) is 22.3. The van der Waals surface area contributed by atoms with Gasteiger partial charge in [0.1, 0.15) is 0 Å². The fourth-order valence-electron chi connectivity index (χ4n) is 4.12. The lowest BCUT2D eigenvalue weighted by Crippen LogP contribution is -2.10. The van der Waals surface area contributed by atoms with Crippen LogP contribution in [0.5, 0.6) is 6.01 Å². The molecule has 0 fully saturated rings. The Labute approximate surface area is 201 Å². The molecule has 0 amide bonds. The average Bonchev–Trinajstić information content (AvgIpc) is 3.59. The molecule has 2 aromatic carbocycles. The van der Waals surface area contributed by atoms with Gasteiger partial charge in [-0.3, -0.25) is 4.57 Å². The second-order valence-electron chi connectivity index (χ2n) is 7.98. The van der Waals surface area contributed by atoms with Crippen LogP contribution in [0.1, 0.15) is 35.3 Å². The van der Waals surface area contributed by atoms with Crippen molar-refractivity contribution in [1.82, 2.24) is 34.7 Å². The summed E-state index contributed by atoms with van der Waals surface area (Å²) in [7, 11) is 0. The highest BCUT2D eigenvalue weighted by atomic mass is 16.5. The number of rotatable bonds is 8. The van der Waals surface area contributed by atoms with Crippen LogP contribution in [0.4, 0.5) is 0 Å². The maximum absolute atomic E-state index is 12.6. The number of carbonyl (C=O) groups excluding carboxylic acids is 1. The number of imidazole rings is 1. The van der Waals surface area contributed by atoms with E-state index in [2.05, 4.69) is 25.6 Å². The maximum atomic E-state index is 12.6. The highest BCUT2D eigenvalue weighted by Gasteiger charge is 2.20. The van der Waals surface area contributed by atoms with Gasteiger partial charge in [0, 0.05) is 11.9 Å². The van der Waals surface area contributed by atoms with E-state index in [1.165, 1.54) is 0 Å². The number of hydrogen-bond acceptors (Lipinski definition) is 7. The van der Waals surface area contributed by atoms with Gasteiger partial charge in [-0.25, -0.2) is 4.79 Å². The topological polar surface area (TPSA) is 113 Å². The van der Waals surface area contributed by atoms with E-state index in [0.717, 1.165) is 22.5 Å². The number of nitrogens with zero attached hydrogens (tertiary/aromatic N) is 6. The Bertz CT molecular complexity index is 1470. The van der Waals surface area contributed by atoms with Crippen LogP contribution in [-0.2, 0) is 11.3 Å². The van der Waals surface area contributed by atoms with Crippen molar-refractivity contribution in [2.24, 2.45) is 0 Å². The molecule has 5 rings (SSSR count). The Balaban J connectivity index is 1.52. The van der Waals surface area contributed by atoms with Crippen LogP contribution in [0.15, 0.2) is 54.7 Å². The molecule has 0 spiro atoms. The summed E-state index contributed by atoms with van der Waals surface area (Å²) in [6.07, 6.45) is 2.03. The van der Waals surface area contributed by atoms with Gasteiger partial charge in [0.2, 0.25) is 5.82 Å². The average molecular weight is 472 g/mol. The lowest BCUT2D eigenvalue weighted by atomic mass is 10.1. The summed E-state index contributed by atoms with van der Waals surface area (Å²) in [5, 5.41) is 14.4. The molecule has 0 aliphatic heterocycles. The van der Waals surface area contributed by atoms with Crippen molar-refractivity contribution < 1.29 is 14.3 Å². The molecule has 0 aliphatic carbocycles. The van der Waals surface area contributed by atoms with Crippen LogP contribution in [0, 0.1) is 6.92 Å². The van der Waals surface area contributed by atoms with Crippen molar-refractivity contribution >= 4 is 17.0 Å². The molecule has 5 aromatic rings. The number of tetrazole rings is 1. The predicted octanol–water partition coefficient (Wildman–Crippen LogP) is 3.94. The first-order valence-electron chi connectivity index (χ1n) is 11.4. The molecule has 0 atom stereocenters. The standard InChI is InChI=1S/C25H25N7O3/c1-4-34-24(33)19-7-6-8-20-22(19)32(25(26-20)35-5-2)15-17-9-11-18(12-10-17)31-14-16(3)13-21(31)23-27-29-30-28-23/h6-14H,4-5,15H2,1-3H3,(H,27,28,29,30). The lowest BCUT2D eigenvalue weighted by Gasteiger charge is -2.12. The van der Waals surface area contributed by atoms with E-state index >= 15 is 0 Å². The molecule has 10 heteroatoms. The van der Waals surface area contributed by atoms with E-state index in [4.69, 9.17) is 9.47 Å². The number of aryl methyl sites for hydroxylation is 1. The molecule has 0 aliphatic rings. The molecule has 1 N–H and O–H groups in total. The van der Waals surface area contributed by atoms with Gasteiger partial charge in [-0.05, 0) is 67.4 Å². The molecule has 3 aromatic heterocycles. The fraction of sp³-hybridized carbons (Fsp3) is 0.240. The molecule has 0 saturated heterocycles. The van der Waals surface area contributed by atoms with E-state index in [9.17, 15) is 4.79 Å². The van der Waals surface area contributed by atoms with Crippen LogP contribution in [0.25, 0.3) is 28.2 Å². The number of ether oxygens (including phenoxy) is 2. The number of fused-ring (bicyclic) bond motifs is 1. The van der Waals surface area contributed by atoms with Crippen molar-refractivity contribution in [3.63, 3.8) is 0 Å². The molecule has 3 heterocycles. The summed E-state index contributed by atoms with van der Waals surface area (Å²) in [5.41, 5.74) is 5.77. The smallest absolute Gasteiger partial charge is 0.340 e. The summed E-state index contributed by atoms with van der Waals surface area (Å²) in [4.78, 5) is 17.3. The zero-order chi connectivity index (χ0) is 24.4. The highest BCUT2D eigenvalue weighted by molar-refractivity contribution is 6.02. The zero-order valence-corrected chi connectivity index (χ0v) is 19.7. The van der Waals surface area contributed by atoms with Crippen molar-refractivity contribution in [3.8, 4) is 23.2 Å². The molecule has 0 saturated carbocycles. The van der Waals surface area contributed by atoms with Crippen LogP contribution >= 0.6 is 0 Å². The number of H-pyrrole nitrogens is 1. The second-order valence-corrected chi connectivity index (χ2v) is 7.98. The number of para-hydroxylation sites is 1. The number of aromatic nitrogens is 7. The third-order valence-corrected chi connectivity index (χ3v) is 5.59.